The van der Waals surface area contributed by atoms with E-state index in [0.29, 0.717) is 0 Å². The maximum absolute atomic E-state index is 4.01. The highest BCUT2D eigenvalue weighted by molar-refractivity contribution is 5.59. The van der Waals surface area contributed by atoms with E-state index in [2.05, 4.69) is 15.0 Å². The number of pyridine rings is 1. The lowest BCUT2D eigenvalue weighted by Crippen LogP contribution is -1.81. The van der Waals surface area contributed by atoms with Crippen LogP contribution in [-0.4, -0.2) is 15.0 Å². The molecule has 3 nitrogen and oxygen atoms in total. The summed E-state index contributed by atoms with van der Waals surface area (Å²) in [6.45, 7) is 0. The zero-order chi connectivity index (χ0) is 8.23. The fourth-order valence-corrected chi connectivity index (χ4v) is 0.982. The summed E-state index contributed by atoms with van der Waals surface area (Å²) in [6, 6.07) is 3.87. The number of rotatable bonds is 1. The first-order valence-corrected chi connectivity index (χ1v) is 3.62. The predicted molar refractivity (Wildman–Crippen MR) is 45.3 cm³/mol. The Balaban J connectivity index is 2.46. The second kappa shape index (κ2) is 3.09. The van der Waals surface area contributed by atoms with Crippen LogP contribution in [0.1, 0.15) is 0 Å². The lowest BCUT2D eigenvalue weighted by molar-refractivity contribution is 1.17. The zero-order valence-electron chi connectivity index (χ0n) is 6.38. The van der Waals surface area contributed by atoms with Crippen molar-refractivity contribution < 1.29 is 0 Å². The third kappa shape index (κ3) is 1.29. The quantitative estimate of drug-likeness (QED) is 0.630. The van der Waals surface area contributed by atoms with Crippen LogP contribution in [0.2, 0.25) is 0 Å². The third-order valence-electron chi connectivity index (χ3n) is 1.56. The molecule has 0 unspecified atom stereocenters. The minimum absolute atomic E-state index is 0.991. The van der Waals surface area contributed by atoms with Crippen LogP contribution in [0.5, 0.6) is 0 Å². The van der Waals surface area contributed by atoms with E-state index in [1.807, 2.05) is 12.1 Å². The lowest BCUT2D eigenvalue weighted by atomic mass is 10.2. The highest BCUT2D eigenvalue weighted by atomic mass is 14.8. The fraction of sp³-hybridized carbons (Fsp3) is 0. The average Bonchev–Trinajstić information content (AvgIpc) is 2.21. The van der Waals surface area contributed by atoms with Crippen LogP contribution in [0.3, 0.4) is 0 Å². The van der Waals surface area contributed by atoms with E-state index in [-0.39, 0.29) is 0 Å². The molecule has 0 aliphatic rings. The topological polar surface area (TPSA) is 38.7 Å². The molecule has 3 heteroatoms. The molecule has 0 bridgehead atoms. The Hall–Kier alpha value is -1.77. The van der Waals surface area contributed by atoms with Crippen molar-refractivity contribution in [2.24, 2.45) is 0 Å². The van der Waals surface area contributed by atoms with E-state index in [1.54, 1.807) is 24.8 Å². The third-order valence-corrected chi connectivity index (χ3v) is 1.56. The molecular formula is C9H7N3. The highest BCUT2D eigenvalue weighted by Crippen LogP contribution is 2.13. The summed E-state index contributed by atoms with van der Waals surface area (Å²) in [5, 5.41) is 0. The van der Waals surface area contributed by atoms with Gasteiger partial charge in [-0.15, -0.1) is 0 Å². The van der Waals surface area contributed by atoms with Crippen LogP contribution in [0.4, 0.5) is 0 Å². The van der Waals surface area contributed by atoms with E-state index in [4.69, 9.17) is 0 Å². The molecule has 0 spiro atoms. The summed E-state index contributed by atoms with van der Waals surface area (Å²) in [4.78, 5) is 11.8. The first-order chi connectivity index (χ1) is 5.97. The molecular weight excluding hydrogens is 150 g/mol. The second-order valence-corrected chi connectivity index (χ2v) is 2.37. The zero-order valence-corrected chi connectivity index (χ0v) is 6.38. The Morgan fingerprint density at radius 2 is 1.58 bits per heavy atom. The number of hydrogen-bond acceptors (Lipinski definition) is 3. The molecule has 58 valence electrons. The molecule has 12 heavy (non-hydrogen) atoms. The maximum atomic E-state index is 4.01. The summed E-state index contributed by atoms with van der Waals surface area (Å²) in [5.41, 5.74) is 2.03. The van der Waals surface area contributed by atoms with Gasteiger partial charge in [-0.3, -0.25) is 4.98 Å². The van der Waals surface area contributed by atoms with E-state index in [1.165, 1.54) is 6.33 Å². The molecule has 2 aromatic rings. The Morgan fingerprint density at radius 3 is 2.25 bits per heavy atom. The predicted octanol–water partition coefficient (Wildman–Crippen LogP) is 1.54. The van der Waals surface area contributed by atoms with Gasteiger partial charge in [0.15, 0.2) is 0 Å². The van der Waals surface area contributed by atoms with Crippen molar-refractivity contribution in [3.8, 4) is 11.1 Å². The van der Waals surface area contributed by atoms with Crippen LogP contribution in [0, 0.1) is 0 Å². The number of hydrogen-bond donors (Lipinski definition) is 0. The molecule has 0 aliphatic carbocycles. The summed E-state index contributed by atoms with van der Waals surface area (Å²) in [6.07, 6.45) is 8.58. The standard InChI is InChI=1S/C9H7N3/c1-2-8(4-10-3-1)9-5-11-7-12-6-9/h1-7H. The maximum Gasteiger partial charge on any atom is 0.115 e. The van der Waals surface area contributed by atoms with Gasteiger partial charge in [0.05, 0.1) is 0 Å². The van der Waals surface area contributed by atoms with Crippen LogP contribution < -0.4 is 0 Å². The van der Waals surface area contributed by atoms with Crippen LogP contribution in [-0.2, 0) is 0 Å². The van der Waals surface area contributed by atoms with Crippen molar-refractivity contribution in [3.05, 3.63) is 43.2 Å². The first kappa shape index (κ1) is 6.91. The normalized spacial score (nSPS) is 9.67. The summed E-state index contributed by atoms with van der Waals surface area (Å²) >= 11 is 0. The molecule has 2 rings (SSSR count). The van der Waals surface area contributed by atoms with Crippen molar-refractivity contribution in [1.82, 2.24) is 15.0 Å². The number of nitrogens with zero attached hydrogens (tertiary/aromatic N) is 3. The highest BCUT2D eigenvalue weighted by Gasteiger charge is 1.94. The van der Waals surface area contributed by atoms with E-state index < -0.39 is 0 Å². The molecule has 2 aromatic heterocycles. The molecule has 0 fully saturated rings. The minimum Gasteiger partial charge on any atom is -0.264 e. The van der Waals surface area contributed by atoms with E-state index in [0.717, 1.165) is 11.1 Å². The average molecular weight is 157 g/mol. The van der Waals surface area contributed by atoms with Gasteiger partial charge >= 0.3 is 0 Å². The smallest absolute Gasteiger partial charge is 0.115 e. The Morgan fingerprint density at radius 1 is 0.833 bits per heavy atom. The first-order valence-electron chi connectivity index (χ1n) is 3.62. The molecule has 0 saturated carbocycles. The van der Waals surface area contributed by atoms with Crippen LogP contribution in [0.25, 0.3) is 11.1 Å². The SMILES string of the molecule is c1cncc(-c2cncnc2)c1. The Kier molecular flexibility index (Phi) is 1.78. The van der Waals surface area contributed by atoms with Gasteiger partial charge in [0, 0.05) is 35.9 Å². The summed E-state index contributed by atoms with van der Waals surface area (Å²) in [7, 11) is 0. The summed E-state index contributed by atoms with van der Waals surface area (Å²) in [5.74, 6) is 0. The van der Waals surface area contributed by atoms with Gasteiger partial charge in [0.1, 0.15) is 6.33 Å². The molecule has 0 radical (unpaired) electrons. The number of aromatic nitrogens is 3. The van der Waals surface area contributed by atoms with Crippen molar-refractivity contribution in [2.75, 3.05) is 0 Å². The van der Waals surface area contributed by atoms with Gasteiger partial charge in [0.25, 0.3) is 0 Å². The van der Waals surface area contributed by atoms with Crippen molar-refractivity contribution in [2.45, 2.75) is 0 Å². The van der Waals surface area contributed by atoms with E-state index in [9.17, 15) is 0 Å². The molecule has 0 amide bonds. The summed E-state index contributed by atoms with van der Waals surface area (Å²) < 4.78 is 0. The Labute approximate surface area is 70.1 Å². The van der Waals surface area contributed by atoms with Crippen molar-refractivity contribution in [3.63, 3.8) is 0 Å². The van der Waals surface area contributed by atoms with E-state index >= 15 is 0 Å². The lowest BCUT2D eigenvalue weighted by Gasteiger charge is -1.96. The largest absolute Gasteiger partial charge is 0.264 e. The molecule has 0 aliphatic heterocycles. The van der Waals surface area contributed by atoms with Gasteiger partial charge in [-0.25, -0.2) is 9.97 Å². The van der Waals surface area contributed by atoms with Gasteiger partial charge in [-0.1, -0.05) is 6.07 Å². The van der Waals surface area contributed by atoms with Gasteiger partial charge < -0.3 is 0 Å². The second-order valence-electron chi connectivity index (χ2n) is 2.37. The van der Waals surface area contributed by atoms with Gasteiger partial charge in [-0.2, -0.15) is 0 Å². The molecule has 0 saturated heterocycles. The van der Waals surface area contributed by atoms with Crippen molar-refractivity contribution in [1.29, 1.82) is 0 Å². The van der Waals surface area contributed by atoms with Crippen LogP contribution >= 0.6 is 0 Å². The fourth-order valence-electron chi connectivity index (χ4n) is 0.982. The van der Waals surface area contributed by atoms with Crippen molar-refractivity contribution >= 4 is 0 Å². The molecule has 0 N–H and O–H groups in total. The monoisotopic (exact) mass is 157 g/mol. The van der Waals surface area contributed by atoms with Gasteiger partial charge in [0.2, 0.25) is 0 Å². The molecule has 0 aromatic carbocycles. The van der Waals surface area contributed by atoms with Crippen LogP contribution in [0.15, 0.2) is 43.2 Å². The molecule has 2 heterocycles. The Bertz CT molecular complexity index is 307. The molecule has 0 atom stereocenters. The minimum atomic E-state index is 0.991. The van der Waals surface area contributed by atoms with Gasteiger partial charge in [-0.05, 0) is 6.07 Å².